The first-order valence-electron chi connectivity index (χ1n) is 7.60. The van der Waals surface area contributed by atoms with Gasteiger partial charge in [-0.15, -0.1) is 30.3 Å². The third kappa shape index (κ3) is 6.85. The third-order valence-electron chi connectivity index (χ3n) is 3.79. The standard InChI is InChI=1S/C11H19N3O14/c1-6-7(15)8(16)9(17)10(28-6)24-2-11(3-25-12(18)19,4-26-13(20)21)5-27-14(22)23/h6-10,15-17H,2-5H2,1H3/t6-,7-,8+,9-,10?/m1/s1. The molecule has 0 radical (unpaired) electrons. The van der Waals surface area contributed by atoms with Crippen molar-refractivity contribution >= 4 is 0 Å². The summed E-state index contributed by atoms with van der Waals surface area (Å²) in [5.41, 5.74) is -1.94. The van der Waals surface area contributed by atoms with E-state index in [0.717, 1.165) is 0 Å². The SMILES string of the molecule is C[C@H]1OC(OCC(CO[N+](=O)[O-])(CO[N+](=O)[O-])CO[N+](=O)[O-])[C@H](O)[C@@H](O)[C@@H]1O. The average molecular weight is 417 g/mol. The van der Waals surface area contributed by atoms with E-state index in [1.54, 1.807) is 0 Å². The summed E-state index contributed by atoms with van der Waals surface area (Å²) in [7, 11) is 0. The van der Waals surface area contributed by atoms with Gasteiger partial charge in [0.15, 0.2) is 6.29 Å². The Bertz CT molecular complexity index is 515. The average Bonchev–Trinajstić information content (AvgIpc) is 2.62. The van der Waals surface area contributed by atoms with Crippen LogP contribution in [0.15, 0.2) is 0 Å². The van der Waals surface area contributed by atoms with E-state index >= 15 is 0 Å². The molecule has 1 fully saturated rings. The largest absolute Gasteiger partial charge is 0.388 e. The van der Waals surface area contributed by atoms with E-state index in [4.69, 9.17) is 9.47 Å². The van der Waals surface area contributed by atoms with Crippen molar-refractivity contribution in [1.29, 1.82) is 0 Å². The summed E-state index contributed by atoms with van der Waals surface area (Å²) in [4.78, 5) is 43.8. The summed E-state index contributed by atoms with van der Waals surface area (Å²) in [6, 6.07) is 0. The van der Waals surface area contributed by atoms with Crippen LogP contribution < -0.4 is 0 Å². The van der Waals surface area contributed by atoms with Crippen LogP contribution >= 0.6 is 0 Å². The van der Waals surface area contributed by atoms with E-state index in [1.165, 1.54) is 6.92 Å². The molecular formula is C11H19N3O14. The van der Waals surface area contributed by atoms with Gasteiger partial charge in [0.05, 0.1) is 18.1 Å². The van der Waals surface area contributed by atoms with Crippen molar-refractivity contribution in [3.05, 3.63) is 30.3 Å². The van der Waals surface area contributed by atoms with Crippen LogP contribution in [0, 0.1) is 35.8 Å². The number of aliphatic hydroxyl groups is 3. The molecule has 5 atom stereocenters. The van der Waals surface area contributed by atoms with Gasteiger partial charge >= 0.3 is 0 Å². The zero-order valence-corrected chi connectivity index (χ0v) is 14.4. The molecule has 1 saturated heterocycles. The maximum Gasteiger partial charge on any atom is 0.294 e. The first kappa shape index (κ1) is 23.4. The second-order valence-corrected chi connectivity index (χ2v) is 5.98. The van der Waals surface area contributed by atoms with Crippen LogP contribution in [0.4, 0.5) is 0 Å². The smallest absolute Gasteiger partial charge is 0.294 e. The fourth-order valence-corrected chi connectivity index (χ4v) is 2.23. The molecule has 28 heavy (non-hydrogen) atoms. The minimum absolute atomic E-state index is 0.778. The second-order valence-electron chi connectivity index (χ2n) is 5.98. The molecule has 1 aliphatic rings. The molecular weight excluding hydrogens is 398 g/mol. The predicted molar refractivity (Wildman–Crippen MR) is 79.6 cm³/mol. The van der Waals surface area contributed by atoms with Crippen molar-refractivity contribution in [2.75, 3.05) is 26.4 Å². The predicted octanol–water partition coefficient (Wildman–Crippen LogP) is -2.56. The normalized spacial score (nSPS) is 27.6. The minimum Gasteiger partial charge on any atom is -0.388 e. The van der Waals surface area contributed by atoms with Gasteiger partial charge in [0, 0.05) is 0 Å². The lowest BCUT2D eigenvalue weighted by molar-refractivity contribution is -0.782. The molecule has 0 aromatic rings. The molecule has 0 saturated carbocycles. The topological polar surface area (TPSA) is 236 Å². The van der Waals surface area contributed by atoms with Gasteiger partial charge in [-0.05, 0) is 6.92 Å². The molecule has 0 aromatic carbocycles. The van der Waals surface area contributed by atoms with Crippen molar-refractivity contribution in [3.63, 3.8) is 0 Å². The van der Waals surface area contributed by atoms with E-state index < -0.39 is 77.8 Å². The van der Waals surface area contributed by atoms with Crippen LogP contribution in [0.2, 0.25) is 0 Å². The van der Waals surface area contributed by atoms with Crippen LogP contribution in [0.5, 0.6) is 0 Å². The van der Waals surface area contributed by atoms with Crippen molar-refractivity contribution in [1.82, 2.24) is 0 Å². The zero-order valence-electron chi connectivity index (χ0n) is 14.4. The minimum atomic E-state index is -1.94. The summed E-state index contributed by atoms with van der Waals surface area (Å²) < 4.78 is 10.3. The van der Waals surface area contributed by atoms with E-state index in [0.29, 0.717) is 0 Å². The van der Waals surface area contributed by atoms with Gasteiger partial charge in [0.25, 0.3) is 15.3 Å². The molecule has 162 valence electrons. The van der Waals surface area contributed by atoms with Crippen molar-refractivity contribution < 1.29 is 54.6 Å². The molecule has 0 amide bonds. The lowest BCUT2D eigenvalue weighted by Gasteiger charge is -2.40. The van der Waals surface area contributed by atoms with E-state index in [-0.39, 0.29) is 0 Å². The molecule has 1 heterocycles. The summed E-state index contributed by atoms with van der Waals surface area (Å²) in [5, 5.41) is 56.9. The maximum atomic E-state index is 10.5. The van der Waals surface area contributed by atoms with Crippen molar-refractivity contribution in [3.8, 4) is 0 Å². The Labute approximate surface area is 155 Å². The van der Waals surface area contributed by atoms with E-state index in [2.05, 4.69) is 14.5 Å². The van der Waals surface area contributed by atoms with Crippen LogP contribution in [0.3, 0.4) is 0 Å². The van der Waals surface area contributed by atoms with Crippen LogP contribution in [-0.4, -0.2) is 87.7 Å². The summed E-state index contributed by atoms with van der Waals surface area (Å²) in [5.74, 6) is 0. The van der Waals surface area contributed by atoms with Crippen LogP contribution in [-0.2, 0) is 24.0 Å². The highest BCUT2D eigenvalue weighted by Crippen LogP contribution is 2.26. The van der Waals surface area contributed by atoms with E-state index in [1.807, 2.05) is 0 Å². The molecule has 0 spiro atoms. The van der Waals surface area contributed by atoms with Crippen molar-refractivity contribution in [2.45, 2.75) is 37.6 Å². The number of ether oxygens (including phenoxy) is 2. The molecule has 3 N–H and O–H groups in total. The van der Waals surface area contributed by atoms with Gasteiger partial charge in [0.1, 0.15) is 38.1 Å². The Balaban J connectivity index is 2.94. The van der Waals surface area contributed by atoms with Crippen LogP contribution in [0.25, 0.3) is 0 Å². The third-order valence-corrected chi connectivity index (χ3v) is 3.79. The second kappa shape index (κ2) is 10.1. The number of nitrogens with zero attached hydrogens (tertiary/aromatic N) is 3. The van der Waals surface area contributed by atoms with E-state index in [9.17, 15) is 45.7 Å². The number of aliphatic hydroxyl groups excluding tert-OH is 3. The highest BCUT2D eigenvalue weighted by Gasteiger charge is 2.44. The highest BCUT2D eigenvalue weighted by molar-refractivity contribution is 4.88. The van der Waals surface area contributed by atoms with Crippen molar-refractivity contribution in [2.24, 2.45) is 5.41 Å². The van der Waals surface area contributed by atoms with Gasteiger partial charge in [-0.1, -0.05) is 0 Å². The first-order valence-corrected chi connectivity index (χ1v) is 7.60. The van der Waals surface area contributed by atoms with Crippen LogP contribution in [0.1, 0.15) is 6.92 Å². The Morgan fingerprint density at radius 3 is 1.64 bits per heavy atom. The fourth-order valence-electron chi connectivity index (χ4n) is 2.23. The van der Waals surface area contributed by atoms with Gasteiger partial charge in [-0.2, -0.15) is 0 Å². The Hall–Kier alpha value is -2.60. The Kier molecular flexibility index (Phi) is 8.44. The molecule has 0 aromatic heterocycles. The number of hydrogen-bond donors (Lipinski definition) is 3. The number of hydrogen-bond acceptors (Lipinski definition) is 14. The van der Waals surface area contributed by atoms with Gasteiger partial charge in [-0.3, -0.25) is 0 Å². The van der Waals surface area contributed by atoms with Gasteiger partial charge in [0.2, 0.25) is 0 Å². The molecule has 1 aliphatic heterocycles. The Morgan fingerprint density at radius 1 is 0.821 bits per heavy atom. The maximum absolute atomic E-state index is 10.5. The summed E-state index contributed by atoms with van der Waals surface area (Å²) >= 11 is 0. The summed E-state index contributed by atoms with van der Waals surface area (Å²) in [6.45, 7) is -2.33. The van der Waals surface area contributed by atoms with Gasteiger partial charge < -0.3 is 39.3 Å². The lowest BCUT2D eigenvalue weighted by atomic mass is 9.92. The molecule has 17 nitrogen and oxygen atoms in total. The Morgan fingerprint density at radius 2 is 1.25 bits per heavy atom. The number of rotatable bonds is 12. The zero-order chi connectivity index (χ0) is 21.5. The first-order chi connectivity index (χ1) is 13.0. The molecule has 1 rings (SSSR count). The molecule has 1 unspecified atom stereocenters. The lowest BCUT2D eigenvalue weighted by Crippen LogP contribution is -2.58. The molecule has 17 heteroatoms. The monoisotopic (exact) mass is 417 g/mol. The highest BCUT2D eigenvalue weighted by atomic mass is 17.0. The summed E-state index contributed by atoms with van der Waals surface area (Å²) in [6.07, 6.45) is -7.42. The van der Waals surface area contributed by atoms with Gasteiger partial charge in [-0.25, -0.2) is 0 Å². The molecule has 0 aliphatic carbocycles. The fraction of sp³-hybridized carbons (Fsp3) is 1.00. The molecule has 0 bridgehead atoms. The quantitative estimate of drug-likeness (QED) is 0.219.